The molecule has 0 saturated heterocycles. The Morgan fingerprint density at radius 3 is 2.85 bits per heavy atom. The lowest BCUT2D eigenvalue weighted by atomic mass is 10.1. The number of aromatic hydroxyl groups is 1. The topological polar surface area (TPSA) is 128 Å². The van der Waals surface area contributed by atoms with Gasteiger partial charge in [-0.1, -0.05) is 0 Å². The van der Waals surface area contributed by atoms with E-state index in [1.54, 1.807) is 19.1 Å². The van der Waals surface area contributed by atoms with Crippen molar-refractivity contribution in [1.29, 1.82) is 5.26 Å². The standard InChI is InChI=1S/C17H11N5O4S/c1-2-26-16(24)13-11-10-12(9(7-18)14(23)21-15(10)27-13)22(17(25)20-11)8-3-5-19-6-4-8/h3-6H,2H2,1H3,(H,20,25)(H,21,23). The molecule has 2 amide bonds. The van der Waals surface area contributed by atoms with Gasteiger partial charge in [-0.2, -0.15) is 5.26 Å². The second-order valence-corrected chi connectivity index (χ2v) is 6.45. The van der Waals surface area contributed by atoms with Crippen LogP contribution in [-0.2, 0) is 4.74 Å². The molecule has 3 aromatic rings. The van der Waals surface area contributed by atoms with Crippen LogP contribution in [0.25, 0.3) is 10.2 Å². The molecule has 134 valence electrons. The van der Waals surface area contributed by atoms with Crippen molar-refractivity contribution < 1.29 is 19.4 Å². The lowest BCUT2D eigenvalue weighted by Gasteiger charge is -2.29. The van der Waals surface area contributed by atoms with Gasteiger partial charge >= 0.3 is 12.0 Å². The quantitative estimate of drug-likeness (QED) is 0.667. The van der Waals surface area contributed by atoms with Crippen LogP contribution in [0.2, 0.25) is 0 Å². The van der Waals surface area contributed by atoms with Crippen molar-refractivity contribution >= 4 is 50.6 Å². The molecule has 0 aliphatic carbocycles. The minimum atomic E-state index is -0.614. The van der Waals surface area contributed by atoms with Crippen molar-refractivity contribution in [2.24, 2.45) is 0 Å². The molecule has 3 aromatic heterocycles. The van der Waals surface area contributed by atoms with Crippen LogP contribution in [-0.4, -0.2) is 33.7 Å². The maximum atomic E-state index is 12.8. The minimum Gasteiger partial charge on any atom is -0.492 e. The number of pyridine rings is 2. The van der Waals surface area contributed by atoms with Gasteiger partial charge in [0, 0.05) is 12.4 Å². The predicted molar refractivity (Wildman–Crippen MR) is 97.4 cm³/mol. The molecule has 0 bridgehead atoms. The first-order chi connectivity index (χ1) is 13.1. The molecule has 0 atom stereocenters. The molecule has 4 heterocycles. The number of hydrogen-bond donors (Lipinski definition) is 2. The third-order valence-electron chi connectivity index (χ3n) is 3.95. The average molecular weight is 381 g/mol. The summed E-state index contributed by atoms with van der Waals surface area (Å²) in [5, 5.41) is 22.8. The summed E-state index contributed by atoms with van der Waals surface area (Å²) in [4.78, 5) is 34.8. The predicted octanol–water partition coefficient (Wildman–Crippen LogP) is 3.13. The van der Waals surface area contributed by atoms with E-state index >= 15 is 0 Å². The maximum Gasteiger partial charge on any atom is 0.350 e. The molecule has 10 heteroatoms. The molecule has 1 aliphatic heterocycles. The van der Waals surface area contributed by atoms with E-state index < -0.39 is 17.9 Å². The van der Waals surface area contributed by atoms with Crippen molar-refractivity contribution in [2.75, 3.05) is 16.8 Å². The van der Waals surface area contributed by atoms with Crippen LogP contribution < -0.4 is 10.2 Å². The smallest absolute Gasteiger partial charge is 0.350 e. The zero-order valence-electron chi connectivity index (χ0n) is 13.9. The molecule has 0 radical (unpaired) electrons. The number of ether oxygens (including phenoxy) is 1. The SMILES string of the molecule is CCOC(=O)c1sc2nc(O)c(C#N)c3c2c1NC(=O)N3c1ccncc1. The maximum absolute atomic E-state index is 12.8. The van der Waals surface area contributed by atoms with Gasteiger partial charge < -0.3 is 15.2 Å². The number of esters is 1. The highest BCUT2D eigenvalue weighted by Gasteiger charge is 2.36. The minimum absolute atomic E-state index is 0.151. The Bertz CT molecular complexity index is 1140. The number of carbonyl (C=O) groups excluding carboxylic acids is 2. The molecule has 0 fully saturated rings. The summed E-state index contributed by atoms with van der Waals surface area (Å²) in [6.45, 7) is 1.84. The highest BCUT2D eigenvalue weighted by molar-refractivity contribution is 7.21. The van der Waals surface area contributed by atoms with Crippen LogP contribution in [0.15, 0.2) is 24.5 Å². The number of carbonyl (C=O) groups is 2. The fourth-order valence-electron chi connectivity index (χ4n) is 2.89. The third kappa shape index (κ3) is 2.44. The van der Waals surface area contributed by atoms with Crippen molar-refractivity contribution in [2.45, 2.75) is 6.92 Å². The second kappa shape index (κ2) is 6.22. The number of rotatable bonds is 3. The van der Waals surface area contributed by atoms with Crippen molar-refractivity contribution in [1.82, 2.24) is 9.97 Å². The third-order valence-corrected chi connectivity index (χ3v) is 5.01. The first-order valence-electron chi connectivity index (χ1n) is 7.84. The van der Waals surface area contributed by atoms with Crippen molar-refractivity contribution in [3.63, 3.8) is 0 Å². The number of urea groups is 1. The fraction of sp³-hybridized carbons (Fsp3) is 0.118. The zero-order valence-corrected chi connectivity index (χ0v) is 14.7. The van der Waals surface area contributed by atoms with Gasteiger partial charge in [0.2, 0.25) is 5.88 Å². The fourth-order valence-corrected chi connectivity index (χ4v) is 3.91. The van der Waals surface area contributed by atoms with Crippen LogP contribution >= 0.6 is 11.3 Å². The molecule has 0 unspecified atom stereocenters. The Labute approximate surface area is 156 Å². The molecular formula is C17H11N5O4S. The molecule has 9 nitrogen and oxygen atoms in total. The van der Waals surface area contributed by atoms with E-state index in [-0.39, 0.29) is 28.4 Å². The molecule has 0 saturated carbocycles. The summed E-state index contributed by atoms with van der Waals surface area (Å²) in [6.07, 6.45) is 3.00. The largest absolute Gasteiger partial charge is 0.492 e. The summed E-state index contributed by atoms with van der Waals surface area (Å²) < 4.78 is 5.04. The van der Waals surface area contributed by atoms with E-state index in [9.17, 15) is 20.0 Å². The summed E-state index contributed by atoms with van der Waals surface area (Å²) in [7, 11) is 0. The summed E-state index contributed by atoms with van der Waals surface area (Å²) in [5.41, 5.74) is 0.670. The number of thiophene rings is 1. The number of anilines is 3. The van der Waals surface area contributed by atoms with Crippen LogP contribution in [0.1, 0.15) is 22.2 Å². The number of amides is 2. The van der Waals surface area contributed by atoms with E-state index in [1.807, 2.05) is 6.07 Å². The van der Waals surface area contributed by atoms with Gasteiger partial charge in [0.25, 0.3) is 0 Å². The van der Waals surface area contributed by atoms with E-state index in [2.05, 4.69) is 15.3 Å². The molecule has 1 aliphatic rings. The number of nitrogens with one attached hydrogen (secondary N) is 1. The number of aromatic nitrogens is 2. The highest BCUT2D eigenvalue weighted by Crippen LogP contribution is 2.49. The van der Waals surface area contributed by atoms with E-state index in [1.165, 1.54) is 17.3 Å². The Kier molecular flexibility index (Phi) is 3.86. The summed E-state index contributed by atoms with van der Waals surface area (Å²) in [5.74, 6) is -1.13. The van der Waals surface area contributed by atoms with Gasteiger partial charge in [-0.15, -0.1) is 11.3 Å². The lowest BCUT2D eigenvalue weighted by molar-refractivity contribution is 0.0533. The Hall–Kier alpha value is -3.71. The van der Waals surface area contributed by atoms with Crippen LogP contribution in [0.5, 0.6) is 5.88 Å². The molecule has 4 rings (SSSR count). The first kappa shape index (κ1) is 16.7. The van der Waals surface area contributed by atoms with Gasteiger partial charge in [-0.3, -0.25) is 9.88 Å². The molecular weight excluding hydrogens is 370 g/mol. The molecule has 27 heavy (non-hydrogen) atoms. The van der Waals surface area contributed by atoms with Crippen LogP contribution in [0.3, 0.4) is 0 Å². The van der Waals surface area contributed by atoms with Gasteiger partial charge in [0.15, 0.2) is 0 Å². The average Bonchev–Trinajstić information content (AvgIpc) is 3.01. The van der Waals surface area contributed by atoms with E-state index in [0.717, 1.165) is 11.3 Å². The Morgan fingerprint density at radius 1 is 1.44 bits per heavy atom. The Morgan fingerprint density at radius 2 is 2.19 bits per heavy atom. The Balaban J connectivity index is 2.08. The monoisotopic (exact) mass is 381 g/mol. The summed E-state index contributed by atoms with van der Waals surface area (Å²) >= 11 is 0.975. The van der Waals surface area contributed by atoms with Gasteiger partial charge in [0.1, 0.15) is 21.3 Å². The van der Waals surface area contributed by atoms with E-state index in [4.69, 9.17) is 4.74 Å². The van der Waals surface area contributed by atoms with Gasteiger partial charge in [-0.05, 0) is 19.1 Å². The molecule has 2 N–H and O–H groups in total. The normalized spacial score (nSPS) is 12.6. The highest BCUT2D eigenvalue weighted by atomic mass is 32.1. The van der Waals surface area contributed by atoms with Gasteiger partial charge in [0.05, 0.1) is 29.1 Å². The van der Waals surface area contributed by atoms with Crippen LogP contribution in [0, 0.1) is 11.3 Å². The molecule has 0 aromatic carbocycles. The second-order valence-electron chi connectivity index (χ2n) is 5.45. The van der Waals surface area contributed by atoms with Crippen molar-refractivity contribution in [3.8, 4) is 11.9 Å². The number of nitriles is 1. The number of hydrogen-bond acceptors (Lipinski definition) is 8. The lowest BCUT2D eigenvalue weighted by Crippen LogP contribution is -2.34. The number of nitrogens with zero attached hydrogens (tertiary/aromatic N) is 4. The molecule has 0 spiro atoms. The first-order valence-corrected chi connectivity index (χ1v) is 8.66. The van der Waals surface area contributed by atoms with E-state index in [0.29, 0.717) is 15.9 Å². The zero-order chi connectivity index (χ0) is 19.1. The van der Waals surface area contributed by atoms with Crippen molar-refractivity contribution in [3.05, 3.63) is 35.0 Å². The van der Waals surface area contributed by atoms with Gasteiger partial charge in [-0.25, -0.2) is 14.6 Å². The summed E-state index contributed by atoms with van der Waals surface area (Å²) in [6, 6.07) is 4.49. The van der Waals surface area contributed by atoms with Crippen LogP contribution in [0.4, 0.5) is 21.9 Å².